The lowest BCUT2D eigenvalue weighted by Crippen LogP contribution is -2.59. The first-order chi connectivity index (χ1) is 24.2. The van der Waals surface area contributed by atoms with E-state index in [1.165, 1.54) is 0 Å². The number of rotatable bonds is 21. The molecule has 0 spiro atoms. The number of hydrogen-bond acceptors (Lipinski definition) is 8. The summed E-state index contributed by atoms with van der Waals surface area (Å²) in [6, 6.07) is 7.26. The van der Waals surface area contributed by atoms with Crippen LogP contribution < -0.4 is 16.0 Å². The highest BCUT2D eigenvalue weighted by molar-refractivity contribution is 5.90. The third-order valence-corrected chi connectivity index (χ3v) is 10.6. The van der Waals surface area contributed by atoms with Gasteiger partial charge in [-0.05, 0) is 49.6 Å². The number of likely N-dealkylation sites (N-methyl/N-ethyl adjacent to an activating group) is 2. The largest absolute Gasteiger partial charge is 0.394 e. The Morgan fingerprint density at radius 2 is 1.57 bits per heavy atom. The van der Waals surface area contributed by atoms with E-state index in [2.05, 4.69) is 16.0 Å². The summed E-state index contributed by atoms with van der Waals surface area (Å²) in [5, 5.41) is 19.0. The Bertz CT molecular complexity index is 1230. The molecule has 1 saturated heterocycles. The summed E-state index contributed by atoms with van der Waals surface area (Å²) in [5.74, 6) is -1.58. The molecular weight excluding hydrogens is 650 g/mol. The maximum absolute atomic E-state index is 14.1. The summed E-state index contributed by atoms with van der Waals surface area (Å²) in [4.78, 5) is 58.3. The molecule has 12 heteroatoms. The van der Waals surface area contributed by atoms with Crippen molar-refractivity contribution in [2.75, 3.05) is 41.5 Å². The number of carbonyl (C=O) groups excluding carboxylic acids is 4. The maximum Gasteiger partial charge on any atom is 0.245 e. The van der Waals surface area contributed by atoms with Gasteiger partial charge in [-0.2, -0.15) is 0 Å². The number of carbonyl (C=O) groups is 4. The Morgan fingerprint density at radius 3 is 2.08 bits per heavy atom. The quantitative estimate of drug-likeness (QED) is 0.152. The summed E-state index contributed by atoms with van der Waals surface area (Å²) >= 11 is 0. The number of amides is 4. The highest BCUT2D eigenvalue weighted by Crippen LogP contribution is 2.29. The molecule has 0 aromatic heterocycles. The molecule has 4 N–H and O–H groups in total. The van der Waals surface area contributed by atoms with Gasteiger partial charge in [0, 0.05) is 27.8 Å². The van der Waals surface area contributed by atoms with Crippen molar-refractivity contribution in [3.63, 3.8) is 0 Å². The molecule has 0 radical (unpaired) electrons. The van der Waals surface area contributed by atoms with Gasteiger partial charge in [-0.3, -0.25) is 19.2 Å². The van der Waals surface area contributed by atoms with Gasteiger partial charge in [0.1, 0.15) is 6.04 Å². The number of benzene rings is 1. The summed E-state index contributed by atoms with van der Waals surface area (Å²) in [7, 11) is 6.58. The van der Waals surface area contributed by atoms with Crippen molar-refractivity contribution in [3.05, 3.63) is 35.9 Å². The molecule has 9 unspecified atom stereocenters. The van der Waals surface area contributed by atoms with E-state index in [-0.39, 0.29) is 60.5 Å². The van der Waals surface area contributed by atoms with Crippen molar-refractivity contribution < 1.29 is 33.8 Å². The van der Waals surface area contributed by atoms with E-state index >= 15 is 0 Å². The van der Waals surface area contributed by atoms with Gasteiger partial charge in [-0.25, -0.2) is 0 Å². The van der Waals surface area contributed by atoms with Crippen LogP contribution in [0.2, 0.25) is 0 Å². The molecule has 2 rings (SSSR count). The number of aliphatic hydroxyl groups excluding tert-OH is 1. The number of nitrogens with one attached hydrogen (secondary N) is 3. The van der Waals surface area contributed by atoms with Gasteiger partial charge in [0.25, 0.3) is 0 Å². The zero-order valence-corrected chi connectivity index (χ0v) is 33.0. The van der Waals surface area contributed by atoms with Crippen LogP contribution in [0.1, 0.15) is 79.7 Å². The molecule has 9 atom stereocenters. The monoisotopic (exact) mass is 718 g/mol. The fourth-order valence-electron chi connectivity index (χ4n) is 7.44. The number of nitrogens with zero attached hydrogens (tertiary/aromatic N) is 2. The molecular formula is C39H67N5O7. The van der Waals surface area contributed by atoms with E-state index in [1.54, 1.807) is 45.0 Å². The molecule has 1 aromatic rings. The van der Waals surface area contributed by atoms with Gasteiger partial charge in [0.15, 0.2) is 0 Å². The summed E-state index contributed by atoms with van der Waals surface area (Å²) in [6.45, 7) is 13.9. The standard InChI is InChI=1S/C39H67N5O7/c1-12-26(6)35(43(9)39(49)34(25(4)5)42-38(48)33(40-8)24(2)3)31(50-10)22-32(46)44-20-16-19-30(44)36(51-11)27(7)37(47)41-29(23-45)21-28-17-14-13-15-18-28/h13-15,17-18,24-27,29-31,33-36,40,45H,12,16,19-23H2,1-11H3,(H,41,47)(H,42,48). The molecule has 4 amide bonds. The Labute approximate surface area is 306 Å². The smallest absolute Gasteiger partial charge is 0.245 e. The van der Waals surface area contributed by atoms with E-state index in [9.17, 15) is 24.3 Å². The normalized spacial score (nSPS) is 19.5. The number of ether oxygens (including phenoxy) is 2. The first-order valence-electron chi connectivity index (χ1n) is 18.7. The summed E-state index contributed by atoms with van der Waals surface area (Å²) < 4.78 is 11.9. The third-order valence-electron chi connectivity index (χ3n) is 10.6. The topological polar surface area (TPSA) is 150 Å². The van der Waals surface area contributed by atoms with Crippen LogP contribution in [0.25, 0.3) is 0 Å². The minimum absolute atomic E-state index is 0.0129. The Kier molecular flexibility index (Phi) is 18.6. The summed E-state index contributed by atoms with van der Waals surface area (Å²) in [5.41, 5.74) is 1.01. The van der Waals surface area contributed by atoms with E-state index in [0.717, 1.165) is 18.4 Å². The van der Waals surface area contributed by atoms with Crippen molar-refractivity contribution in [2.45, 2.75) is 123 Å². The molecule has 0 saturated carbocycles. The fraction of sp³-hybridized carbons (Fsp3) is 0.744. The molecule has 0 bridgehead atoms. The molecule has 0 aliphatic carbocycles. The average molecular weight is 718 g/mol. The predicted molar refractivity (Wildman–Crippen MR) is 200 cm³/mol. The second-order valence-electron chi connectivity index (χ2n) is 14.9. The van der Waals surface area contributed by atoms with E-state index in [4.69, 9.17) is 9.47 Å². The second-order valence-corrected chi connectivity index (χ2v) is 14.9. The van der Waals surface area contributed by atoms with Gasteiger partial charge >= 0.3 is 0 Å². The lowest BCUT2D eigenvalue weighted by Gasteiger charge is -2.41. The van der Waals surface area contributed by atoms with Crippen LogP contribution >= 0.6 is 0 Å². The third kappa shape index (κ3) is 12.0. The average Bonchev–Trinajstić information content (AvgIpc) is 3.59. The molecule has 1 aliphatic rings. The van der Waals surface area contributed by atoms with Crippen molar-refractivity contribution in [1.82, 2.24) is 25.8 Å². The lowest BCUT2D eigenvalue weighted by molar-refractivity contribution is -0.147. The van der Waals surface area contributed by atoms with Gasteiger partial charge in [-0.1, -0.05) is 85.2 Å². The summed E-state index contributed by atoms with van der Waals surface area (Å²) in [6.07, 6.45) is 1.54. The van der Waals surface area contributed by atoms with Crippen LogP contribution in [0, 0.1) is 23.7 Å². The number of likely N-dealkylation sites (tertiary alicyclic amines) is 1. The van der Waals surface area contributed by atoms with Gasteiger partial charge in [0.05, 0.1) is 55.3 Å². The molecule has 1 heterocycles. The van der Waals surface area contributed by atoms with E-state index < -0.39 is 42.3 Å². The van der Waals surface area contributed by atoms with Crippen LogP contribution in [-0.4, -0.2) is 122 Å². The first-order valence-corrected chi connectivity index (χ1v) is 18.7. The van der Waals surface area contributed by atoms with Gasteiger partial charge in [0.2, 0.25) is 23.6 Å². The van der Waals surface area contributed by atoms with Gasteiger partial charge in [-0.15, -0.1) is 0 Å². The molecule has 1 aliphatic heterocycles. The molecule has 12 nitrogen and oxygen atoms in total. The fourth-order valence-corrected chi connectivity index (χ4v) is 7.44. The van der Waals surface area contributed by atoms with Crippen molar-refractivity contribution >= 4 is 23.6 Å². The Balaban J connectivity index is 2.24. The van der Waals surface area contributed by atoms with Crippen LogP contribution in [0.15, 0.2) is 30.3 Å². The predicted octanol–water partition coefficient (Wildman–Crippen LogP) is 3.01. The number of methoxy groups -OCH3 is 2. The lowest BCUT2D eigenvalue weighted by atomic mass is 9.89. The van der Waals surface area contributed by atoms with Crippen LogP contribution in [0.4, 0.5) is 0 Å². The first kappa shape index (κ1) is 44.1. The number of hydrogen-bond donors (Lipinski definition) is 4. The minimum atomic E-state index is -0.756. The van der Waals surface area contributed by atoms with Crippen molar-refractivity contribution in [2.24, 2.45) is 23.7 Å². The van der Waals surface area contributed by atoms with E-state index in [0.29, 0.717) is 19.4 Å². The zero-order valence-electron chi connectivity index (χ0n) is 33.0. The van der Waals surface area contributed by atoms with Crippen LogP contribution in [0.3, 0.4) is 0 Å². The van der Waals surface area contributed by atoms with Crippen LogP contribution in [-0.2, 0) is 35.1 Å². The Hall–Kier alpha value is -3.06. The SMILES string of the molecule is CCC(C)C(C(CC(=O)N1CCCC1C(OC)C(C)C(=O)NC(CO)Cc1ccccc1)OC)N(C)C(=O)C(NC(=O)C(NC)C(C)C)C(C)C. The van der Waals surface area contributed by atoms with Crippen LogP contribution in [0.5, 0.6) is 0 Å². The molecule has 1 aromatic carbocycles. The molecule has 51 heavy (non-hydrogen) atoms. The molecule has 290 valence electrons. The second kappa shape index (κ2) is 21.5. The van der Waals surface area contributed by atoms with Gasteiger partial charge < -0.3 is 40.3 Å². The minimum Gasteiger partial charge on any atom is -0.394 e. The van der Waals surface area contributed by atoms with E-state index in [1.807, 2.05) is 71.9 Å². The zero-order chi connectivity index (χ0) is 38.4. The van der Waals surface area contributed by atoms with Crippen molar-refractivity contribution in [3.8, 4) is 0 Å². The molecule has 1 fully saturated rings. The highest BCUT2D eigenvalue weighted by Gasteiger charge is 2.43. The highest BCUT2D eigenvalue weighted by atomic mass is 16.5. The Morgan fingerprint density at radius 1 is 0.941 bits per heavy atom. The number of aliphatic hydroxyl groups is 1. The maximum atomic E-state index is 14.1. The van der Waals surface area contributed by atoms with Crippen molar-refractivity contribution in [1.29, 1.82) is 0 Å².